The molecular formula is C14H17BO4. The third-order valence-corrected chi connectivity index (χ3v) is 3.64. The predicted octanol–water partition coefficient (Wildman–Crippen LogP) is 1.57. The topological polar surface area (TPSA) is 62.8 Å². The molecule has 100 valence electrons. The second-order valence-electron chi connectivity index (χ2n) is 5.11. The van der Waals surface area contributed by atoms with Crippen LogP contribution in [-0.2, 0) is 11.3 Å². The van der Waals surface area contributed by atoms with Crippen LogP contribution in [0.4, 0.5) is 0 Å². The van der Waals surface area contributed by atoms with Crippen molar-refractivity contribution in [2.24, 2.45) is 0 Å². The molecule has 0 unspecified atom stereocenters. The molecule has 1 saturated carbocycles. The van der Waals surface area contributed by atoms with Crippen LogP contribution >= 0.6 is 0 Å². The molecule has 5 heteroatoms. The van der Waals surface area contributed by atoms with Crippen molar-refractivity contribution < 1.29 is 19.2 Å². The average Bonchev–Trinajstić information content (AvgIpc) is 3.04. The van der Waals surface area contributed by atoms with Gasteiger partial charge in [-0.05, 0) is 36.6 Å². The minimum atomic E-state index is -1.56. The van der Waals surface area contributed by atoms with E-state index >= 15 is 0 Å². The first-order valence-corrected chi connectivity index (χ1v) is 6.72. The Morgan fingerprint density at radius 1 is 1.21 bits per heavy atom. The first kappa shape index (κ1) is 12.7. The lowest BCUT2D eigenvalue weighted by Gasteiger charge is -2.10. The summed E-state index contributed by atoms with van der Waals surface area (Å²) in [5, 5.41) is 19.0. The molecule has 1 fully saturated rings. The van der Waals surface area contributed by atoms with Crippen LogP contribution in [0.5, 0.6) is 0 Å². The summed E-state index contributed by atoms with van der Waals surface area (Å²) in [4.78, 5) is 0. The van der Waals surface area contributed by atoms with E-state index in [-0.39, 0.29) is 5.66 Å². The summed E-state index contributed by atoms with van der Waals surface area (Å²) in [5.41, 5.74) is 1.91. The lowest BCUT2D eigenvalue weighted by atomic mass is 9.88. The van der Waals surface area contributed by atoms with Gasteiger partial charge in [0, 0.05) is 5.39 Å². The molecule has 0 bridgehead atoms. The molecular weight excluding hydrogens is 243 g/mol. The molecule has 0 saturated heterocycles. The third kappa shape index (κ3) is 2.83. The molecule has 3 rings (SSSR count). The summed E-state index contributed by atoms with van der Waals surface area (Å²) < 4.78 is 11.2. The number of ether oxygens (including phenoxy) is 1. The van der Waals surface area contributed by atoms with Crippen molar-refractivity contribution in [2.45, 2.75) is 38.4 Å². The molecule has 1 aliphatic rings. The minimum Gasteiger partial charge on any atom is -0.465 e. The third-order valence-electron chi connectivity index (χ3n) is 3.64. The first-order chi connectivity index (χ1) is 9.22. The van der Waals surface area contributed by atoms with E-state index in [4.69, 9.17) is 19.2 Å². The number of rotatable bonds is 4. The maximum atomic E-state index is 9.08. The number of fused-ring (bicyclic) bond motifs is 1. The largest absolute Gasteiger partial charge is 0.526 e. The zero-order valence-corrected chi connectivity index (χ0v) is 10.7. The van der Waals surface area contributed by atoms with Crippen molar-refractivity contribution in [1.82, 2.24) is 0 Å². The number of hydrogen-bond donors (Lipinski definition) is 2. The van der Waals surface area contributed by atoms with E-state index in [2.05, 4.69) is 0 Å². The van der Waals surface area contributed by atoms with E-state index < -0.39 is 7.12 Å². The highest BCUT2D eigenvalue weighted by Crippen LogP contribution is 2.23. The van der Waals surface area contributed by atoms with Crippen LogP contribution in [0.25, 0.3) is 11.0 Å². The van der Waals surface area contributed by atoms with Gasteiger partial charge in [0.1, 0.15) is 11.2 Å². The smallest absolute Gasteiger partial charge is 0.465 e. The Labute approximate surface area is 112 Å². The van der Waals surface area contributed by atoms with Crippen LogP contribution in [0, 0.1) is 0 Å². The van der Waals surface area contributed by atoms with Gasteiger partial charge in [-0.15, -0.1) is 0 Å². The van der Waals surface area contributed by atoms with E-state index in [1.807, 2.05) is 18.2 Å². The van der Waals surface area contributed by atoms with Crippen LogP contribution in [0.2, 0.25) is 0 Å². The van der Waals surface area contributed by atoms with Crippen molar-refractivity contribution in [3.63, 3.8) is 0 Å². The van der Waals surface area contributed by atoms with Gasteiger partial charge in [0.25, 0.3) is 0 Å². The lowest BCUT2D eigenvalue weighted by Crippen LogP contribution is -2.27. The Morgan fingerprint density at radius 3 is 2.74 bits per heavy atom. The van der Waals surface area contributed by atoms with Crippen LogP contribution in [-0.4, -0.2) is 23.3 Å². The Bertz CT molecular complexity index is 558. The van der Waals surface area contributed by atoms with Gasteiger partial charge in [-0.3, -0.25) is 0 Å². The zero-order valence-electron chi connectivity index (χ0n) is 10.7. The lowest BCUT2D eigenvalue weighted by molar-refractivity contribution is 0.0457. The van der Waals surface area contributed by atoms with Gasteiger partial charge in [-0.2, -0.15) is 0 Å². The molecule has 1 heterocycles. The Hall–Kier alpha value is -1.30. The van der Waals surface area contributed by atoms with Gasteiger partial charge in [0.2, 0.25) is 0 Å². The Kier molecular flexibility index (Phi) is 3.59. The molecule has 2 N–H and O–H groups in total. The quantitative estimate of drug-likeness (QED) is 0.819. The second kappa shape index (κ2) is 5.37. The highest BCUT2D eigenvalue weighted by molar-refractivity contribution is 6.57. The molecule has 4 nitrogen and oxygen atoms in total. The number of furan rings is 1. The zero-order chi connectivity index (χ0) is 13.2. The van der Waals surface area contributed by atoms with Crippen LogP contribution in [0.1, 0.15) is 31.2 Å². The number of hydrogen-bond acceptors (Lipinski definition) is 4. The maximum absolute atomic E-state index is 9.08. The highest BCUT2D eigenvalue weighted by atomic mass is 16.5. The normalized spacial score (nSPS) is 16.3. The summed E-state index contributed by atoms with van der Waals surface area (Å²) in [7, 11) is -1.56. The van der Waals surface area contributed by atoms with Gasteiger partial charge < -0.3 is 19.2 Å². The molecule has 0 aliphatic heterocycles. The molecule has 0 atom stereocenters. The Balaban J connectivity index is 1.73. The van der Waals surface area contributed by atoms with E-state index in [0.717, 1.165) is 23.8 Å². The molecule has 2 aromatic rings. The minimum absolute atomic E-state index is 0.170. The SMILES string of the molecule is OB(O)c1cc2cc(COC3CCCC3)ccc2o1. The highest BCUT2D eigenvalue weighted by Gasteiger charge is 2.18. The summed E-state index contributed by atoms with van der Waals surface area (Å²) in [6.45, 7) is 0.600. The van der Waals surface area contributed by atoms with E-state index in [1.165, 1.54) is 12.8 Å². The summed E-state index contributed by atoms with van der Waals surface area (Å²) >= 11 is 0. The molecule has 0 spiro atoms. The monoisotopic (exact) mass is 260 g/mol. The van der Waals surface area contributed by atoms with E-state index in [0.29, 0.717) is 18.3 Å². The fraction of sp³-hybridized carbons (Fsp3) is 0.429. The Morgan fingerprint density at radius 2 is 2.00 bits per heavy atom. The standard InChI is InChI=1S/C14H17BO4/c16-15(17)14-8-11-7-10(5-6-13(11)19-14)9-18-12-3-1-2-4-12/h5-8,12,16-17H,1-4,9H2. The fourth-order valence-electron chi connectivity index (χ4n) is 2.60. The molecule has 1 aromatic heterocycles. The van der Waals surface area contributed by atoms with Crippen molar-refractivity contribution in [3.8, 4) is 0 Å². The second-order valence-corrected chi connectivity index (χ2v) is 5.11. The van der Waals surface area contributed by atoms with Crippen molar-refractivity contribution in [1.29, 1.82) is 0 Å². The molecule has 0 amide bonds. The fourth-order valence-corrected chi connectivity index (χ4v) is 2.60. The van der Waals surface area contributed by atoms with Gasteiger partial charge >= 0.3 is 7.12 Å². The van der Waals surface area contributed by atoms with Gasteiger partial charge in [0.15, 0.2) is 0 Å². The maximum Gasteiger partial charge on any atom is 0.526 e. The first-order valence-electron chi connectivity index (χ1n) is 6.72. The van der Waals surface area contributed by atoms with Crippen molar-refractivity contribution in [3.05, 3.63) is 29.8 Å². The van der Waals surface area contributed by atoms with Crippen molar-refractivity contribution >= 4 is 23.7 Å². The number of benzene rings is 1. The molecule has 1 aliphatic carbocycles. The molecule has 0 radical (unpaired) electrons. The summed E-state index contributed by atoms with van der Waals surface area (Å²) in [6, 6.07) is 7.42. The molecule has 19 heavy (non-hydrogen) atoms. The summed E-state index contributed by atoms with van der Waals surface area (Å²) in [5.74, 6) is 0. The predicted molar refractivity (Wildman–Crippen MR) is 73.1 cm³/mol. The van der Waals surface area contributed by atoms with Crippen LogP contribution < -0.4 is 5.66 Å². The van der Waals surface area contributed by atoms with Gasteiger partial charge in [-0.1, -0.05) is 18.9 Å². The van der Waals surface area contributed by atoms with Gasteiger partial charge in [-0.25, -0.2) is 0 Å². The van der Waals surface area contributed by atoms with E-state index in [9.17, 15) is 0 Å². The molecule has 1 aromatic carbocycles. The van der Waals surface area contributed by atoms with Crippen LogP contribution in [0.3, 0.4) is 0 Å². The van der Waals surface area contributed by atoms with Crippen LogP contribution in [0.15, 0.2) is 28.7 Å². The average molecular weight is 260 g/mol. The summed E-state index contributed by atoms with van der Waals surface area (Å²) in [6.07, 6.45) is 5.26. The van der Waals surface area contributed by atoms with E-state index in [1.54, 1.807) is 6.07 Å². The van der Waals surface area contributed by atoms with Crippen molar-refractivity contribution in [2.75, 3.05) is 0 Å². The van der Waals surface area contributed by atoms with Gasteiger partial charge in [0.05, 0.1) is 12.7 Å².